The lowest BCUT2D eigenvalue weighted by Crippen LogP contribution is -2.36. The fourth-order valence-corrected chi connectivity index (χ4v) is 3.72. The molecule has 1 aliphatic heterocycles. The zero-order valence-corrected chi connectivity index (χ0v) is 13.1. The third kappa shape index (κ3) is 3.12. The standard InChI is InChI=1S/C18H20N2S/c1-14-8-9-15-5-2-3-7-18(15)20(14)13-17-11-10-16(21-17)6-4-12-19/h2-3,5,7,10-11,14H,8-9,12-13,19H2,1H3. The molecule has 1 aliphatic rings. The maximum atomic E-state index is 5.43. The lowest BCUT2D eigenvalue weighted by Gasteiger charge is -2.36. The van der Waals surface area contributed by atoms with E-state index in [1.807, 2.05) is 0 Å². The number of hydrogen-bond donors (Lipinski definition) is 1. The molecular formula is C18H20N2S. The van der Waals surface area contributed by atoms with Crippen LogP contribution >= 0.6 is 11.3 Å². The second-order valence-corrected chi connectivity index (χ2v) is 6.58. The van der Waals surface area contributed by atoms with Crippen LogP contribution < -0.4 is 10.6 Å². The highest BCUT2D eigenvalue weighted by Gasteiger charge is 2.22. The van der Waals surface area contributed by atoms with Gasteiger partial charge in [0.25, 0.3) is 0 Å². The molecule has 1 atom stereocenters. The Balaban J connectivity index is 1.82. The first kappa shape index (κ1) is 14.2. The van der Waals surface area contributed by atoms with Crippen LogP contribution in [0.1, 0.15) is 28.7 Å². The van der Waals surface area contributed by atoms with Gasteiger partial charge < -0.3 is 10.6 Å². The summed E-state index contributed by atoms with van der Waals surface area (Å²) in [7, 11) is 0. The number of benzene rings is 1. The molecule has 1 unspecified atom stereocenters. The molecule has 2 N–H and O–H groups in total. The molecule has 0 amide bonds. The van der Waals surface area contributed by atoms with Crippen molar-refractivity contribution in [1.29, 1.82) is 0 Å². The molecule has 0 bridgehead atoms. The average Bonchev–Trinajstić information content (AvgIpc) is 2.96. The van der Waals surface area contributed by atoms with Crippen LogP contribution in [-0.4, -0.2) is 12.6 Å². The molecule has 2 nitrogen and oxygen atoms in total. The van der Waals surface area contributed by atoms with Crippen molar-refractivity contribution in [2.45, 2.75) is 32.4 Å². The largest absolute Gasteiger partial charge is 0.363 e. The van der Waals surface area contributed by atoms with Crippen LogP contribution in [0.5, 0.6) is 0 Å². The SMILES string of the molecule is CC1CCc2ccccc2N1Cc1ccc(C#CCN)s1. The number of thiophene rings is 1. The number of fused-ring (bicyclic) bond motifs is 1. The molecule has 1 aromatic carbocycles. The molecule has 0 saturated carbocycles. The number of para-hydroxylation sites is 1. The monoisotopic (exact) mass is 296 g/mol. The van der Waals surface area contributed by atoms with Gasteiger partial charge in [0.1, 0.15) is 0 Å². The van der Waals surface area contributed by atoms with Gasteiger partial charge in [0.05, 0.1) is 18.0 Å². The number of nitrogens with two attached hydrogens (primary N) is 1. The van der Waals surface area contributed by atoms with E-state index in [0.29, 0.717) is 12.6 Å². The third-order valence-corrected chi connectivity index (χ3v) is 4.95. The Morgan fingerprint density at radius 3 is 3.00 bits per heavy atom. The van der Waals surface area contributed by atoms with E-state index >= 15 is 0 Å². The van der Waals surface area contributed by atoms with Gasteiger partial charge in [0, 0.05) is 16.6 Å². The second-order valence-electron chi connectivity index (χ2n) is 5.42. The van der Waals surface area contributed by atoms with E-state index in [-0.39, 0.29) is 0 Å². The van der Waals surface area contributed by atoms with Gasteiger partial charge in [-0.1, -0.05) is 30.0 Å². The van der Waals surface area contributed by atoms with Crippen molar-refractivity contribution in [3.63, 3.8) is 0 Å². The van der Waals surface area contributed by atoms with E-state index in [0.717, 1.165) is 11.4 Å². The first-order valence-electron chi connectivity index (χ1n) is 7.40. The van der Waals surface area contributed by atoms with Crippen molar-refractivity contribution in [3.05, 3.63) is 51.7 Å². The lowest BCUT2D eigenvalue weighted by molar-refractivity contribution is 0.562. The Labute approximate surface area is 130 Å². The normalized spacial score (nSPS) is 17.0. The van der Waals surface area contributed by atoms with E-state index in [1.165, 1.54) is 29.0 Å². The van der Waals surface area contributed by atoms with Crippen molar-refractivity contribution in [2.24, 2.45) is 5.73 Å². The molecule has 0 saturated heterocycles. The molecule has 0 spiro atoms. The number of anilines is 1. The summed E-state index contributed by atoms with van der Waals surface area (Å²) in [5.74, 6) is 6.04. The maximum Gasteiger partial charge on any atom is 0.0772 e. The predicted molar refractivity (Wildman–Crippen MR) is 90.7 cm³/mol. The van der Waals surface area contributed by atoms with E-state index < -0.39 is 0 Å². The average molecular weight is 296 g/mol. The Morgan fingerprint density at radius 2 is 2.14 bits per heavy atom. The van der Waals surface area contributed by atoms with Gasteiger partial charge in [-0.15, -0.1) is 11.3 Å². The van der Waals surface area contributed by atoms with Gasteiger partial charge in [-0.25, -0.2) is 0 Å². The quantitative estimate of drug-likeness (QED) is 0.861. The van der Waals surface area contributed by atoms with Crippen molar-refractivity contribution < 1.29 is 0 Å². The minimum atomic E-state index is 0.420. The summed E-state index contributed by atoms with van der Waals surface area (Å²) in [6, 6.07) is 13.6. The predicted octanol–water partition coefficient (Wildman–Crippen LogP) is 3.40. The van der Waals surface area contributed by atoms with Gasteiger partial charge >= 0.3 is 0 Å². The fourth-order valence-electron chi connectivity index (χ4n) is 2.84. The van der Waals surface area contributed by atoms with E-state index in [9.17, 15) is 0 Å². The van der Waals surface area contributed by atoms with Crippen LogP contribution in [-0.2, 0) is 13.0 Å². The van der Waals surface area contributed by atoms with Gasteiger partial charge in [-0.2, -0.15) is 0 Å². The number of nitrogens with zero attached hydrogens (tertiary/aromatic N) is 1. The molecule has 2 heterocycles. The van der Waals surface area contributed by atoms with Gasteiger partial charge in [0.2, 0.25) is 0 Å². The number of rotatable bonds is 2. The molecule has 2 aromatic rings. The molecule has 0 aliphatic carbocycles. The van der Waals surface area contributed by atoms with Crippen LogP contribution in [0.25, 0.3) is 0 Å². The Morgan fingerprint density at radius 1 is 1.29 bits per heavy atom. The third-order valence-electron chi connectivity index (χ3n) is 3.97. The summed E-state index contributed by atoms with van der Waals surface area (Å²) >= 11 is 1.77. The topological polar surface area (TPSA) is 29.3 Å². The summed E-state index contributed by atoms with van der Waals surface area (Å²) in [6.07, 6.45) is 2.41. The maximum absolute atomic E-state index is 5.43. The molecule has 0 fully saturated rings. The van der Waals surface area contributed by atoms with Crippen LogP contribution in [0.4, 0.5) is 5.69 Å². The molecule has 3 heteroatoms. The fraction of sp³-hybridized carbons (Fsp3) is 0.333. The minimum Gasteiger partial charge on any atom is -0.363 e. The lowest BCUT2D eigenvalue weighted by atomic mass is 9.96. The van der Waals surface area contributed by atoms with E-state index in [1.54, 1.807) is 11.3 Å². The summed E-state index contributed by atoms with van der Waals surface area (Å²) in [5.41, 5.74) is 8.28. The van der Waals surface area contributed by atoms with Crippen molar-refractivity contribution in [1.82, 2.24) is 0 Å². The molecular weight excluding hydrogens is 276 g/mol. The number of aryl methyl sites for hydroxylation is 1. The van der Waals surface area contributed by atoms with Crippen LogP contribution in [0, 0.1) is 11.8 Å². The first-order chi connectivity index (χ1) is 10.3. The molecule has 21 heavy (non-hydrogen) atoms. The molecule has 1 aromatic heterocycles. The highest BCUT2D eigenvalue weighted by molar-refractivity contribution is 7.12. The number of hydrogen-bond acceptors (Lipinski definition) is 3. The van der Waals surface area contributed by atoms with Crippen LogP contribution in [0.15, 0.2) is 36.4 Å². The van der Waals surface area contributed by atoms with Gasteiger partial charge in [-0.3, -0.25) is 0 Å². The highest BCUT2D eigenvalue weighted by atomic mass is 32.1. The van der Waals surface area contributed by atoms with Crippen molar-refractivity contribution >= 4 is 17.0 Å². The molecule has 108 valence electrons. The van der Waals surface area contributed by atoms with E-state index in [2.05, 4.69) is 60.1 Å². The zero-order valence-electron chi connectivity index (χ0n) is 12.3. The zero-order chi connectivity index (χ0) is 14.7. The van der Waals surface area contributed by atoms with Crippen molar-refractivity contribution in [2.75, 3.05) is 11.4 Å². The summed E-state index contributed by atoms with van der Waals surface area (Å²) in [5, 5.41) is 0. The Hall–Kier alpha value is -1.76. The summed E-state index contributed by atoms with van der Waals surface area (Å²) in [6.45, 7) is 3.70. The second kappa shape index (κ2) is 6.34. The minimum absolute atomic E-state index is 0.420. The van der Waals surface area contributed by atoms with E-state index in [4.69, 9.17) is 5.73 Å². The van der Waals surface area contributed by atoms with Crippen LogP contribution in [0.3, 0.4) is 0 Å². The molecule has 0 radical (unpaired) electrons. The Kier molecular flexibility index (Phi) is 4.28. The van der Waals surface area contributed by atoms with Gasteiger partial charge in [-0.05, 0) is 43.5 Å². The highest BCUT2D eigenvalue weighted by Crippen LogP contribution is 2.32. The summed E-state index contributed by atoms with van der Waals surface area (Å²) in [4.78, 5) is 4.98. The van der Waals surface area contributed by atoms with Gasteiger partial charge in [0.15, 0.2) is 0 Å². The smallest absolute Gasteiger partial charge is 0.0772 e. The van der Waals surface area contributed by atoms with Crippen molar-refractivity contribution in [3.8, 4) is 11.8 Å². The summed E-state index contributed by atoms with van der Waals surface area (Å²) < 4.78 is 0. The first-order valence-corrected chi connectivity index (χ1v) is 8.22. The molecule has 3 rings (SSSR count). The Bertz CT molecular complexity index is 678. The van der Waals surface area contributed by atoms with Crippen LogP contribution in [0.2, 0.25) is 0 Å².